The zero-order chi connectivity index (χ0) is 34.8. The van der Waals surface area contributed by atoms with Gasteiger partial charge >= 0.3 is 18.0 Å². The maximum Gasteiger partial charge on any atom is 0.408 e. The Hall–Kier alpha value is -4.24. The quantitative estimate of drug-likeness (QED) is 0.113. The molecule has 15 heteroatoms. The van der Waals surface area contributed by atoms with Crippen LogP contribution in [0.4, 0.5) is 4.79 Å². The highest BCUT2D eigenvalue weighted by Crippen LogP contribution is 2.47. The molecule has 2 aromatic rings. The van der Waals surface area contributed by atoms with Crippen LogP contribution in [0.2, 0.25) is 0 Å². The number of likely N-dealkylation sites (tertiary alicyclic amines) is 1. The SMILES string of the molecule is CCOC(=O)C(=O)NCCNC(=O)[C@@]1(CCNC(=O)CC)N(C(=O)O)CCC[C@]1(NS(=O)(=O)c1ccc2ccccc2c1)C(C)CC. The molecule has 1 saturated heterocycles. The van der Waals surface area contributed by atoms with Gasteiger partial charge in [0.25, 0.3) is 0 Å². The first-order chi connectivity index (χ1) is 22.3. The number of hydrogen-bond acceptors (Lipinski definition) is 8. The first-order valence-corrected chi connectivity index (χ1v) is 17.3. The van der Waals surface area contributed by atoms with Gasteiger partial charge in [0.05, 0.1) is 17.0 Å². The molecule has 14 nitrogen and oxygen atoms in total. The van der Waals surface area contributed by atoms with Crippen LogP contribution < -0.4 is 20.7 Å². The first kappa shape index (κ1) is 37.2. The van der Waals surface area contributed by atoms with Gasteiger partial charge in [-0.2, -0.15) is 0 Å². The Balaban J connectivity index is 2.13. The number of fused-ring (bicyclic) bond motifs is 1. The van der Waals surface area contributed by atoms with Crippen molar-refractivity contribution in [2.24, 2.45) is 5.92 Å². The lowest BCUT2D eigenvalue weighted by Gasteiger charge is -2.59. The van der Waals surface area contributed by atoms with Crippen LogP contribution in [0.15, 0.2) is 47.4 Å². The number of benzene rings is 2. The van der Waals surface area contributed by atoms with Crippen LogP contribution in [0.5, 0.6) is 0 Å². The van der Waals surface area contributed by atoms with Crippen molar-refractivity contribution in [1.29, 1.82) is 0 Å². The summed E-state index contributed by atoms with van der Waals surface area (Å²) < 4.78 is 36.1. The van der Waals surface area contributed by atoms with Crippen molar-refractivity contribution in [3.8, 4) is 0 Å². The molecular formula is C32H45N5O9S. The number of carbonyl (C=O) groups is 5. The van der Waals surface area contributed by atoms with E-state index in [-0.39, 0.29) is 69.3 Å². The molecule has 2 aromatic carbocycles. The summed E-state index contributed by atoms with van der Waals surface area (Å²) in [5.74, 6) is -3.82. The van der Waals surface area contributed by atoms with Gasteiger partial charge in [0.15, 0.2) is 0 Å². The van der Waals surface area contributed by atoms with Crippen molar-refractivity contribution in [2.45, 2.75) is 75.8 Å². The first-order valence-electron chi connectivity index (χ1n) is 15.8. The van der Waals surface area contributed by atoms with E-state index in [9.17, 15) is 37.5 Å². The van der Waals surface area contributed by atoms with Crippen LogP contribution in [0, 0.1) is 5.92 Å². The number of sulfonamides is 1. The molecule has 0 bridgehead atoms. The molecule has 0 spiro atoms. The summed E-state index contributed by atoms with van der Waals surface area (Å²) in [6.07, 6.45) is -0.797. The third-order valence-corrected chi connectivity index (χ3v) is 10.4. The topological polar surface area (TPSA) is 200 Å². The van der Waals surface area contributed by atoms with Crippen LogP contribution in [0.3, 0.4) is 0 Å². The normalized spacial score (nSPS) is 20.2. The maximum atomic E-state index is 14.5. The van der Waals surface area contributed by atoms with Crippen molar-refractivity contribution in [3.63, 3.8) is 0 Å². The highest BCUT2D eigenvalue weighted by Gasteiger charge is 2.65. The molecule has 0 radical (unpaired) electrons. The van der Waals surface area contributed by atoms with E-state index in [1.807, 2.05) is 19.1 Å². The summed E-state index contributed by atoms with van der Waals surface area (Å²) in [7, 11) is -4.36. The van der Waals surface area contributed by atoms with E-state index in [0.29, 0.717) is 11.8 Å². The Kier molecular flexibility index (Phi) is 12.7. The van der Waals surface area contributed by atoms with Gasteiger partial charge in [0, 0.05) is 32.6 Å². The average Bonchev–Trinajstić information content (AvgIpc) is 3.05. The second-order valence-corrected chi connectivity index (χ2v) is 13.2. The molecule has 0 saturated carbocycles. The van der Waals surface area contributed by atoms with E-state index in [2.05, 4.69) is 25.4 Å². The molecule has 5 N–H and O–H groups in total. The number of amides is 4. The molecule has 0 aliphatic carbocycles. The van der Waals surface area contributed by atoms with Gasteiger partial charge in [-0.05, 0) is 55.0 Å². The van der Waals surface area contributed by atoms with E-state index >= 15 is 0 Å². The third kappa shape index (κ3) is 8.01. The van der Waals surface area contributed by atoms with Gasteiger partial charge < -0.3 is 25.8 Å². The number of nitrogens with one attached hydrogen (secondary N) is 4. The van der Waals surface area contributed by atoms with E-state index in [1.165, 1.54) is 12.1 Å². The van der Waals surface area contributed by atoms with Gasteiger partial charge in [-0.25, -0.2) is 22.7 Å². The minimum absolute atomic E-state index is 0.00207. The standard InChI is InChI=1S/C32H45N5O9S/c1-5-22(4)31(36-47(44,45)25-14-13-23-11-8-9-12-24(23)21-25)15-10-20-37(30(42)43)32(31,16-17-33-26(38)6-2)29(41)35-19-18-34-27(39)28(40)46-7-3/h8-9,11-14,21-22,36H,5-7,10,15-20H2,1-4H3,(H,33,38)(H,34,39)(H,35,41)(H,42,43)/t22?,31-,32+/m0/s1. The van der Waals surface area contributed by atoms with Crippen molar-refractivity contribution in [2.75, 3.05) is 32.8 Å². The van der Waals surface area contributed by atoms with Gasteiger partial charge in [0.1, 0.15) is 5.54 Å². The fourth-order valence-corrected chi connectivity index (χ4v) is 7.96. The number of carboxylic acid groups (broad SMARTS) is 1. The lowest BCUT2D eigenvalue weighted by molar-refractivity contribution is -0.154. The number of carbonyl (C=O) groups excluding carboxylic acids is 4. The molecule has 47 heavy (non-hydrogen) atoms. The van der Waals surface area contributed by atoms with E-state index < -0.39 is 50.9 Å². The Labute approximate surface area is 275 Å². The fourth-order valence-electron chi connectivity index (χ4n) is 6.36. The molecule has 1 unspecified atom stereocenters. The highest BCUT2D eigenvalue weighted by atomic mass is 32.2. The van der Waals surface area contributed by atoms with E-state index in [4.69, 9.17) is 0 Å². The molecule has 258 valence electrons. The molecule has 3 atom stereocenters. The minimum atomic E-state index is -4.36. The van der Waals surface area contributed by atoms with Crippen LogP contribution in [0.25, 0.3) is 10.8 Å². The molecule has 1 aliphatic rings. The Morgan fingerprint density at radius 1 is 0.957 bits per heavy atom. The maximum absolute atomic E-state index is 14.5. The van der Waals surface area contributed by atoms with Crippen LogP contribution in [-0.4, -0.2) is 92.1 Å². The summed E-state index contributed by atoms with van der Waals surface area (Å²) in [4.78, 5) is 64.4. The largest absolute Gasteiger partial charge is 0.465 e. The molecule has 1 fully saturated rings. The summed E-state index contributed by atoms with van der Waals surface area (Å²) in [6.45, 7) is 6.17. The molecule has 1 aliphatic heterocycles. The number of nitrogens with zero attached hydrogens (tertiary/aromatic N) is 1. The number of esters is 1. The van der Waals surface area contributed by atoms with E-state index in [0.717, 1.165) is 10.3 Å². The van der Waals surface area contributed by atoms with Gasteiger partial charge in [-0.1, -0.05) is 57.5 Å². The molecule has 1 heterocycles. The summed E-state index contributed by atoms with van der Waals surface area (Å²) in [5.41, 5.74) is -3.71. The second-order valence-electron chi connectivity index (χ2n) is 11.5. The number of rotatable bonds is 14. The van der Waals surface area contributed by atoms with Crippen molar-refractivity contribution < 1.29 is 42.2 Å². The zero-order valence-electron chi connectivity index (χ0n) is 27.3. The zero-order valence-corrected chi connectivity index (χ0v) is 28.1. The summed E-state index contributed by atoms with van der Waals surface area (Å²) in [5, 5.41) is 19.8. The van der Waals surface area contributed by atoms with Crippen molar-refractivity contribution in [3.05, 3.63) is 42.5 Å². The van der Waals surface area contributed by atoms with Crippen LogP contribution in [0.1, 0.15) is 59.8 Å². The third-order valence-electron chi connectivity index (χ3n) is 8.85. The molecule has 3 rings (SSSR count). The highest BCUT2D eigenvalue weighted by molar-refractivity contribution is 7.89. The Morgan fingerprint density at radius 3 is 2.28 bits per heavy atom. The molecular weight excluding hydrogens is 630 g/mol. The smallest absolute Gasteiger partial charge is 0.408 e. The van der Waals surface area contributed by atoms with Gasteiger partial charge in [-0.15, -0.1) is 0 Å². The summed E-state index contributed by atoms with van der Waals surface area (Å²) in [6, 6.07) is 11.9. The lowest BCUT2D eigenvalue weighted by atomic mass is 9.61. The molecule has 4 amide bonds. The average molecular weight is 676 g/mol. The van der Waals surface area contributed by atoms with Gasteiger partial charge in [0.2, 0.25) is 21.8 Å². The van der Waals surface area contributed by atoms with Crippen LogP contribution >= 0.6 is 0 Å². The molecule has 0 aromatic heterocycles. The van der Waals surface area contributed by atoms with E-state index in [1.54, 1.807) is 39.0 Å². The Bertz CT molecular complexity index is 1580. The fraction of sp³-hybridized carbons (Fsp3) is 0.531. The van der Waals surface area contributed by atoms with Gasteiger partial charge in [-0.3, -0.25) is 19.3 Å². The number of hydrogen-bond donors (Lipinski definition) is 5. The van der Waals surface area contributed by atoms with Crippen LogP contribution in [-0.2, 0) is 33.9 Å². The minimum Gasteiger partial charge on any atom is -0.465 e. The predicted octanol–water partition coefficient (Wildman–Crippen LogP) is 2.13. The lowest BCUT2D eigenvalue weighted by Crippen LogP contribution is -2.81. The second kappa shape index (κ2) is 16.0. The number of ether oxygens (including phenoxy) is 1. The summed E-state index contributed by atoms with van der Waals surface area (Å²) >= 11 is 0. The predicted molar refractivity (Wildman–Crippen MR) is 174 cm³/mol. The monoisotopic (exact) mass is 675 g/mol. The van der Waals surface area contributed by atoms with Crippen molar-refractivity contribution >= 4 is 50.6 Å². The Morgan fingerprint density at radius 2 is 1.64 bits per heavy atom. The van der Waals surface area contributed by atoms with Crippen molar-refractivity contribution in [1.82, 2.24) is 25.6 Å². The number of piperidine rings is 1.